The van der Waals surface area contributed by atoms with Crippen LogP contribution in [0.3, 0.4) is 0 Å². The van der Waals surface area contributed by atoms with Crippen molar-refractivity contribution in [2.24, 2.45) is 0 Å². The number of rotatable bonds is 11. The van der Waals surface area contributed by atoms with Gasteiger partial charge in [-0.2, -0.15) is 26.3 Å². The van der Waals surface area contributed by atoms with Crippen molar-refractivity contribution in [2.75, 3.05) is 5.75 Å². The number of benzene rings is 3. The summed E-state index contributed by atoms with van der Waals surface area (Å²) in [4.78, 5) is -0.123. The number of hydrogen-bond donors (Lipinski definition) is 1. The van der Waals surface area contributed by atoms with Crippen molar-refractivity contribution in [3.05, 3.63) is 101 Å². The summed E-state index contributed by atoms with van der Waals surface area (Å²) in [5, 5.41) is 10.3. The van der Waals surface area contributed by atoms with Gasteiger partial charge in [-0.15, -0.1) is 0 Å². The number of halogens is 9. The van der Waals surface area contributed by atoms with Gasteiger partial charge in [-0.3, -0.25) is 0 Å². The highest BCUT2D eigenvalue weighted by Gasteiger charge is 2.73. The first-order chi connectivity index (χ1) is 19.0. The van der Waals surface area contributed by atoms with E-state index in [1.54, 1.807) is 0 Å². The fraction of sp³-hybridized carbons (Fsp3) is 0.333. The summed E-state index contributed by atoms with van der Waals surface area (Å²) < 4.78 is 154. The van der Waals surface area contributed by atoms with E-state index < -0.39 is 74.8 Å². The van der Waals surface area contributed by atoms with E-state index in [9.17, 15) is 53.0 Å². The van der Waals surface area contributed by atoms with Gasteiger partial charge in [-0.1, -0.05) is 30.3 Å². The number of hydrogen-bond acceptors (Lipinski definition) is 4. The number of alkyl halides is 6. The molecule has 3 aromatic carbocycles. The van der Waals surface area contributed by atoms with E-state index in [-0.39, 0.29) is 29.7 Å². The minimum absolute atomic E-state index is 0.0370. The van der Waals surface area contributed by atoms with Gasteiger partial charge < -0.3 is 9.84 Å². The molecule has 224 valence electrons. The number of aliphatic hydroxyl groups excluding tert-OH is 1. The van der Waals surface area contributed by atoms with Crippen molar-refractivity contribution in [3.63, 3.8) is 0 Å². The Morgan fingerprint density at radius 1 is 0.780 bits per heavy atom. The molecular weight excluding hydrogens is 591 g/mol. The zero-order chi connectivity index (χ0) is 30.6. The summed E-state index contributed by atoms with van der Waals surface area (Å²) in [6.07, 6.45) is -13.7. The molecule has 4 nitrogen and oxygen atoms in total. The number of sulfone groups is 1. The molecule has 41 heavy (non-hydrogen) atoms. The second-order valence-electron chi connectivity index (χ2n) is 9.14. The molecule has 0 amide bonds. The van der Waals surface area contributed by atoms with E-state index in [1.807, 2.05) is 0 Å². The lowest BCUT2D eigenvalue weighted by Crippen LogP contribution is -2.55. The molecule has 0 aromatic heterocycles. The Bertz CT molecular complexity index is 1380. The van der Waals surface area contributed by atoms with Crippen LogP contribution in [0.15, 0.2) is 71.6 Å². The molecule has 0 spiro atoms. The normalized spacial score (nSPS) is 13.8. The fourth-order valence-corrected chi connectivity index (χ4v) is 5.44. The maximum Gasteiger partial charge on any atom is 0.430 e. The summed E-state index contributed by atoms with van der Waals surface area (Å²) in [6, 6.07) is 9.07. The third-order valence-corrected chi connectivity index (χ3v) is 8.06. The molecule has 0 fully saturated rings. The second-order valence-corrected chi connectivity index (χ2v) is 11.2. The molecule has 0 radical (unpaired) electrons. The van der Waals surface area contributed by atoms with Gasteiger partial charge >= 0.3 is 12.4 Å². The lowest BCUT2D eigenvalue weighted by molar-refractivity contribution is -0.392. The maximum absolute atomic E-state index is 14.0. The first-order valence-corrected chi connectivity index (χ1v) is 13.6. The van der Waals surface area contributed by atoms with E-state index in [2.05, 4.69) is 4.74 Å². The van der Waals surface area contributed by atoms with Gasteiger partial charge in [0.2, 0.25) is 0 Å². The lowest BCUT2D eigenvalue weighted by Gasteiger charge is -2.37. The Hall–Kier alpha value is -3.10. The van der Waals surface area contributed by atoms with E-state index in [0.29, 0.717) is 24.3 Å². The molecule has 0 heterocycles. The third kappa shape index (κ3) is 7.41. The largest absolute Gasteiger partial charge is 0.430 e. The SMILES string of the molecule is O=S(=O)(CCC[C@@H](O)Cc1ccc(C(OCc2c(F)cccc2F)(C(F)(F)F)C(F)(F)F)cc1)c1ccc(F)cc1. The average molecular weight is 615 g/mol. The number of ether oxygens (including phenoxy) is 1. The molecule has 0 saturated carbocycles. The summed E-state index contributed by atoms with van der Waals surface area (Å²) in [7, 11) is -3.78. The quantitative estimate of drug-likeness (QED) is 0.191. The summed E-state index contributed by atoms with van der Waals surface area (Å²) >= 11 is 0. The highest BCUT2D eigenvalue weighted by Crippen LogP contribution is 2.53. The molecule has 0 aliphatic rings. The first kappa shape index (κ1) is 32.4. The second kappa shape index (κ2) is 12.4. The summed E-state index contributed by atoms with van der Waals surface area (Å²) in [5.41, 5.74) is -7.33. The van der Waals surface area contributed by atoms with Gasteiger partial charge in [0, 0.05) is 11.1 Å². The van der Waals surface area contributed by atoms with Crippen LogP contribution in [0.2, 0.25) is 0 Å². The molecule has 0 aliphatic carbocycles. The van der Waals surface area contributed by atoms with Gasteiger partial charge in [0.1, 0.15) is 17.5 Å². The molecule has 1 N–H and O–H groups in total. The minimum Gasteiger partial charge on any atom is -0.393 e. The van der Waals surface area contributed by atoms with Crippen LogP contribution in [0.4, 0.5) is 39.5 Å². The van der Waals surface area contributed by atoms with Crippen LogP contribution in [0.1, 0.15) is 29.5 Å². The molecular formula is C27H23F9O4S. The molecule has 0 aliphatic heterocycles. The van der Waals surface area contributed by atoms with Crippen LogP contribution in [-0.4, -0.2) is 37.7 Å². The van der Waals surface area contributed by atoms with Crippen LogP contribution in [0.5, 0.6) is 0 Å². The minimum atomic E-state index is -6.09. The molecule has 0 saturated heterocycles. The predicted molar refractivity (Wildman–Crippen MR) is 129 cm³/mol. The zero-order valence-corrected chi connectivity index (χ0v) is 21.8. The first-order valence-electron chi connectivity index (χ1n) is 11.9. The third-order valence-electron chi connectivity index (χ3n) is 6.25. The molecule has 3 rings (SSSR count). The number of aliphatic hydroxyl groups is 1. The predicted octanol–water partition coefficient (Wildman–Crippen LogP) is 6.80. The van der Waals surface area contributed by atoms with E-state index in [0.717, 1.165) is 42.5 Å². The van der Waals surface area contributed by atoms with Crippen molar-refractivity contribution in [1.82, 2.24) is 0 Å². The highest BCUT2D eigenvalue weighted by atomic mass is 32.2. The Morgan fingerprint density at radius 2 is 1.32 bits per heavy atom. The molecule has 14 heteroatoms. The monoisotopic (exact) mass is 614 g/mol. The smallest absolute Gasteiger partial charge is 0.393 e. The van der Waals surface area contributed by atoms with Crippen LogP contribution >= 0.6 is 0 Å². The molecule has 0 bridgehead atoms. The van der Waals surface area contributed by atoms with E-state index in [4.69, 9.17) is 0 Å². The van der Waals surface area contributed by atoms with Crippen molar-refractivity contribution < 1.29 is 57.8 Å². The summed E-state index contributed by atoms with van der Waals surface area (Å²) in [5.74, 6) is -3.80. The standard InChI is InChI=1S/C27H23F9O4S/c28-19-10-12-21(13-11-19)41(38,39)14-2-3-20(37)15-17-6-8-18(9-7-17)25(26(31,32)33,27(34,35)36)40-16-22-23(29)4-1-5-24(22)30/h1,4-13,20,37H,2-3,14-16H2/t20-/m1/s1. The van der Waals surface area contributed by atoms with E-state index in [1.165, 1.54) is 0 Å². The van der Waals surface area contributed by atoms with Gasteiger partial charge in [0.25, 0.3) is 5.60 Å². The molecule has 1 atom stereocenters. The van der Waals surface area contributed by atoms with Crippen molar-refractivity contribution in [1.29, 1.82) is 0 Å². The summed E-state index contributed by atoms with van der Waals surface area (Å²) in [6.45, 7) is -1.68. The Labute approximate surface area is 229 Å². The Morgan fingerprint density at radius 3 is 1.83 bits per heavy atom. The van der Waals surface area contributed by atoms with E-state index >= 15 is 0 Å². The van der Waals surface area contributed by atoms with Crippen molar-refractivity contribution in [2.45, 2.75) is 54.8 Å². The molecule has 0 unspecified atom stereocenters. The maximum atomic E-state index is 14.0. The van der Waals surface area contributed by atoms with Crippen molar-refractivity contribution in [3.8, 4) is 0 Å². The molecule has 3 aromatic rings. The van der Waals surface area contributed by atoms with Crippen LogP contribution < -0.4 is 0 Å². The van der Waals surface area contributed by atoms with Crippen LogP contribution in [0, 0.1) is 17.5 Å². The van der Waals surface area contributed by atoms with Crippen molar-refractivity contribution >= 4 is 9.84 Å². The Balaban J connectivity index is 1.75. The van der Waals surface area contributed by atoms with Crippen LogP contribution in [-0.2, 0) is 33.2 Å². The topological polar surface area (TPSA) is 63.6 Å². The zero-order valence-electron chi connectivity index (χ0n) is 20.9. The Kier molecular flexibility index (Phi) is 9.81. The lowest BCUT2D eigenvalue weighted by atomic mass is 9.90. The van der Waals surface area contributed by atoms with Crippen LogP contribution in [0.25, 0.3) is 0 Å². The van der Waals surface area contributed by atoms with Gasteiger partial charge in [0.05, 0.1) is 23.4 Å². The highest BCUT2D eigenvalue weighted by molar-refractivity contribution is 7.91. The fourth-order valence-electron chi connectivity index (χ4n) is 4.10. The van der Waals surface area contributed by atoms with Gasteiger partial charge in [-0.25, -0.2) is 21.6 Å². The van der Waals surface area contributed by atoms with Gasteiger partial charge in [-0.05, 0) is 61.2 Å². The van der Waals surface area contributed by atoms with Gasteiger partial charge in [0.15, 0.2) is 9.84 Å². The average Bonchev–Trinajstić information content (AvgIpc) is 2.85.